The summed E-state index contributed by atoms with van der Waals surface area (Å²) in [7, 11) is 1.96. The molecule has 78 valence electrons. The van der Waals surface area contributed by atoms with E-state index in [9.17, 15) is 0 Å². The van der Waals surface area contributed by atoms with Gasteiger partial charge in [0.25, 0.3) is 0 Å². The fourth-order valence-electron chi connectivity index (χ4n) is 2.00. The third-order valence-electron chi connectivity index (χ3n) is 2.77. The third kappa shape index (κ3) is 2.16. The van der Waals surface area contributed by atoms with Crippen molar-refractivity contribution in [3.63, 3.8) is 0 Å². The molecule has 1 saturated heterocycles. The Kier molecular flexibility index (Phi) is 3.22. The second-order valence-electron chi connectivity index (χ2n) is 3.88. The molecule has 14 heavy (non-hydrogen) atoms. The number of likely N-dealkylation sites (tertiary alicyclic amines) is 1. The largest absolute Gasteiger partial charge is 0.468 e. The van der Waals surface area contributed by atoms with Crippen LogP contribution in [0.4, 0.5) is 0 Å². The van der Waals surface area contributed by atoms with Gasteiger partial charge < -0.3 is 9.73 Å². The van der Waals surface area contributed by atoms with E-state index in [4.69, 9.17) is 4.42 Å². The Morgan fingerprint density at radius 1 is 1.43 bits per heavy atom. The van der Waals surface area contributed by atoms with E-state index >= 15 is 0 Å². The Morgan fingerprint density at radius 3 is 2.93 bits per heavy atom. The van der Waals surface area contributed by atoms with E-state index in [0.717, 1.165) is 18.8 Å². The Labute approximate surface area is 85.1 Å². The summed E-state index contributed by atoms with van der Waals surface area (Å²) in [5.41, 5.74) is 1.29. The number of nitrogens with one attached hydrogen (secondary N) is 1. The first kappa shape index (κ1) is 9.74. The molecule has 0 amide bonds. The molecule has 0 unspecified atom stereocenters. The molecule has 1 aliphatic rings. The second kappa shape index (κ2) is 4.62. The summed E-state index contributed by atoms with van der Waals surface area (Å²) in [4.78, 5) is 2.46. The smallest absolute Gasteiger partial charge is 0.122 e. The van der Waals surface area contributed by atoms with Gasteiger partial charge in [-0.15, -0.1) is 0 Å². The number of rotatable bonds is 4. The molecule has 0 aliphatic carbocycles. The van der Waals surface area contributed by atoms with Crippen LogP contribution in [0.15, 0.2) is 16.7 Å². The van der Waals surface area contributed by atoms with Crippen molar-refractivity contribution in [3.05, 3.63) is 23.7 Å². The zero-order valence-electron chi connectivity index (χ0n) is 8.75. The fraction of sp³-hybridized carbons (Fsp3) is 0.636. The molecule has 2 heterocycles. The van der Waals surface area contributed by atoms with Crippen LogP contribution >= 0.6 is 0 Å². The highest BCUT2D eigenvalue weighted by atomic mass is 16.3. The molecule has 1 fully saturated rings. The van der Waals surface area contributed by atoms with Crippen LogP contribution in [0.5, 0.6) is 0 Å². The van der Waals surface area contributed by atoms with Gasteiger partial charge in [-0.2, -0.15) is 0 Å². The van der Waals surface area contributed by atoms with Crippen LogP contribution in [0, 0.1) is 0 Å². The van der Waals surface area contributed by atoms with Crippen LogP contribution in [-0.4, -0.2) is 25.0 Å². The lowest BCUT2D eigenvalue weighted by molar-refractivity contribution is 0.295. The number of nitrogens with zero attached hydrogens (tertiary/aromatic N) is 1. The highest BCUT2D eigenvalue weighted by Crippen LogP contribution is 2.16. The zero-order chi connectivity index (χ0) is 9.80. The van der Waals surface area contributed by atoms with Crippen molar-refractivity contribution in [1.82, 2.24) is 10.2 Å². The van der Waals surface area contributed by atoms with Gasteiger partial charge in [0.15, 0.2) is 0 Å². The Bertz CT molecular complexity index is 277. The maximum atomic E-state index is 5.50. The number of hydrogen-bond acceptors (Lipinski definition) is 3. The predicted octanol–water partition coefficient (Wildman–Crippen LogP) is 1.59. The van der Waals surface area contributed by atoms with Crippen molar-refractivity contribution in [2.45, 2.75) is 25.9 Å². The summed E-state index contributed by atoms with van der Waals surface area (Å²) in [6.45, 7) is 4.32. The highest BCUT2D eigenvalue weighted by Gasteiger charge is 2.15. The van der Waals surface area contributed by atoms with Gasteiger partial charge in [0.2, 0.25) is 0 Å². The molecule has 2 rings (SSSR count). The van der Waals surface area contributed by atoms with E-state index in [-0.39, 0.29) is 0 Å². The molecule has 1 aromatic heterocycles. The summed E-state index contributed by atoms with van der Waals surface area (Å²) in [5, 5.41) is 3.16. The van der Waals surface area contributed by atoms with E-state index in [1.165, 1.54) is 31.5 Å². The van der Waals surface area contributed by atoms with Crippen molar-refractivity contribution in [1.29, 1.82) is 0 Å². The van der Waals surface area contributed by atoms with Crippen molar-refractivity contribution < 1.29 is 4.42 Å². The zero-order valence-corrected chi connectivity index (χ0v) is 8.75. The maximum absolute atomic E-state index is 5.50. The quantitative estimate of drug-likeness (QED) is 0.789. The number of hydrogen-bond donors (Lipinski definition) is 1. The maximum Gasteiger partial charge on any atom is 0.122 e. The van der Waals surface area contributed by atoms with E-state index < -0.39 is 0 Å². The topological polar surface area (TPSA) is 28.4 Å². The molecule has 0 spiro atoms. The standard InChI is InChI=1S/C11H18N2O/c1-12-8-10-4-7-14-11(10)9-13-5-2-3-6-13/h4,7,12H,2-3,5-6,8-9H2,1H3. The highest BCUT2D eigenvalue weighted by molar-refractivity contribution is 5.16. The lowest BCUT2D eigenvalue weighted by Crippen LogP contribution is -2.19. The summed E-state index contributed by atoms with van der Waals surface area (Å²) < 4.78 is 5.50. The third-order valence-corrected chi connectivity index (χ3v) is 2.77. The van der Waals surface area contributed by atoms with Gasteiger partial charge in [0.05, 0.1) is 12.8 Å². The average Bonchev–Trinajstić information content (AvgIpc) is 2.80. The van der Waals surface area contributed by atoms with E-state index in [0.29, 0.717) is 0 Å². The summed E-state index contributed by atoms with van der Waals surface area (Å²) in [6, 6.07) is 2.06. The van der Waals surface area contributed by atoms with Crippen molar-refractivity contribution in [3.8, 4) is 0 Å². The summed E-state index contributed by atoms with van der Waals surface area (Å²) in [6.07, 6.45) is 4.46. The summed E-state index contributed by atoms with van der Waals surface area (Å²) >= 11 is 0. The minimum atomic E-state index is 0.902. The first-order valence-corrected chi connectivity index (χ1v) is 5.32. The van der Waals surface area contributed by atoms with Crippen molar-refractivity contribution >= 4 is 0 Å². The molecule has 1 N–H and O–H groups in total. The molecule has 3 heteroatoms. The van der Waals surface area contributed by atoms with Crippen LogP contribution in [0.25, 0.3) is 0 Å². The van der Waals surface area contributed by atoms with Crippen LogP contribution in [-0.2, 0) is 13.1 Å². The Morgan fingerprint density at radius 2 is 2.21 bits per heavy atom. The van der Waals surface area contributed by atoms with Gasteiger partial charge >= 0.3 is 0 Å². The van der Waals surface area contributed by atoms with Crippen molar-refractivity contribution in [2.75, 3.05) is 20.1 Å². The van der Waals surface area contributed by atoms with E-state index in [2.05, 4.69) is 16.3 Å². The Balaban J connectivity index is 1.96. The van der Waals surface area contributed by atoms with Crippen molar-refractivity contribution in [2.24, 2.45) is 0 Å². The van der Waals surface area contributed by atoms with E-state index in [1.807, 2.05) is 7.05 Å². The molecule has 0 radical (unpaired) electrons. The Hall–Kier alpha value is -0.800. The molecule has 3 nitrogen and oxygen atoms in total. The predicted molar refractivity (Wildman–Crippen MR) is 56.0 cm³/mol. The van der Waals surface area contributed by atoms with Gasteiger partial charge in [-0.3, -0.25) is 4.90 Å². The first-order chi connectivity index (χ1) is 6.90. The lowest BCUT2D eigenvalue weighted by Gasteiger charge is -2.13. The molecule has 1 aromatic rings. The SMILES string of the molecule is CNCc1ccoc1CN1CCCC1. The molecular weight excluding hydrogens is 176 g/mol. The first-order valence-electron chi connectivity index (χ1n) is 5.32. The van der Waals surface area contributed by atoms with Gasteiger partial charge in [0.1, 0.15) is 5.76 Å². The second-order valence-corrected chi connectivity index (χ2v) is 3.88. The fourth-order valence-corrected chi connectivity index (χ4v) is 2.00. The van der Waals surface area contributed by atoms with E-state index in [1.54, 1.807) is 6.26 Å². The average molecular weight is 194 g/mol. The lowest BCUT2D eigenvalue weighted by atomic mass is 10.2. The monoisotopic (exact) mass is 194 g/mol. The van der Waals surface area contributed by atoms with Crippen LogP contribution in [0.3, 0.4) is 0 Å². The van der Waals surface area contributed by atoms with Crippen LogP contribution < -0.4 is 5.32 Å². The van der Waals surface area contributed by atoms with Gasteiger partial charge in [0, 0.05) is 12.1 Å². The molecule has 0 saturated carbocycles. The molecule has 0 atom stereocenters. The normalized spacial score (nSPS) is 17.8. The minimum Gasteiger partial charge on any atom is -0.468 e. The minimum absolute atomic E-state index is 0.902. The molecule has 1 aliphatic heterocycles. The molecule has 0 aromatic carbocycles. The van der Waals surface area contributed by atoms with Gasteiger partial charge in [-0.05, 0) is 39.0 Å². The summed E-state index contributed by atoms with van der Waals surface area (Å²) in [5.74, 6) is 1.13. The molecular formula is C11H18N2O. The van der Waals surface area contributed by atoms with Crippen LogP contribution in [0.1, 0.15) is 24.2 Å². The molecule has 0 bridgehead atoms. The number of furan rings is 1. The van der Waals surface area contributed by atoms with Gasteiger partial charge in [-0.25, -0.2) is 0 Å². The van der Waals surface area contributed by atoms with Crippen LogP contribution in [0.2, 0.25) is 0 Å². The van der Waals surface area contributed by atoms with Gasteiger partial charge in [-0.1, -0.05) is 0 Å².